The molecule has 0 N–H and O–H groups in total. The lowest BCUT2D eigenvalue weighted by Crippen LogP contribution is -2.52. The van der Waals surface area contributed by atoms with Gasteiger partial charge in [0.25, 0.3) is 0 Å². The van der Waals surface area contributed by atoms with Gasteiger partial charge in [-0.05, 0) is 36.5 Å². The summed E-state index contributed by atoms with van der Waals surface area (Å²) in [6.45, 7) is 4.25. The van der Waals surface area contributed by atoms with Crippen LogP contribution in [-0.4, -0.2) is 23.7 Å². The first-order valence-corrected chi connectivity index (χ1v) is 11.5. The molecule has 156 valence electrons. The highest BCUT2D eigenvalue weighted by Gasteiger charge is 2.63. The molecule has 1 aliphatic carbocycles. The third-order valence-electron chi connectivity index (χ3n) is 7.35. The fourth-order valence-electron chi connectivity index (χ4n) is 5.93. The second kappa shape index (κ2) is 7.35. The summed E-state index contributed by atoms with van der Waals surface area (Å²) >= 11 is 0. The number of likely N-dealkylation sites (tertiary alicyclic amines) is 1. The van der Waals surface area contributed by atoms with Gasteiger partial charge in [-0.15, -0.1) is 0 Å². The number of hydrogen-bond donors (Lipinski definition) is 0. The second-order valence-corrected chi connectivity index (χ2v) is 9.13. The summed E-state index contributed by atoms with van der Waals surface area (Å²) in [6.07, 6.45) is 3.73. The molecule has 1 saturated heterocycles. The second-order valence-electron chi connectivity index (χ2n) is 9.13. The zero-order valence-electron chi connectivity index (χ0n) is 18.0. The quantitative estimate of drug-likeness (QED) is 0.545. The molecule has 6 rings (SSSR count). The zero-order valence-corrected chi connectivity index (χ0v) is 18.0. The Morgan fingerprint density at radius 3 is 2.32 bits per heavy atom. The van der Waals surface area contributed by atoms with Crippen molar-refractivity contribution in [2.45, 2.75) is 37.8 Å². The van der Waals surface area contributed by atoms with Crippen LogP contribution in [0.5, 0.6) is 0 Å². The summed E-state index contributed by atoms with van der Waals surface area (Å²) in [5.74, 6) is 0.356. The van der Waals surface area contributed by atoms with E-state index in [4.69, 9.17) is 9.99 Å². The van der Waals surface area contributed by atoms with Crippen molar-refractivity contribution in [1.29, 1.82) is 0 Å². The van der Waals surface area contributed by atoms with Crippen molar-refractivity contribution >= 4 is 5.71 Å². The van der Waals surface area contributed by atoms with E-state index < -0.39 is 5.72 Å². The first-order chi connectivity index (χ1) is 15.3. The summed E-state index contributed by atoms with van der Waals surface area (Å²) in [7, 11) is 0. The molecule has 0 unspecified atom stereocenters. The number of aryl methyl sites for hydroxylation is 1. The molecular weight excluding hydrogens is 380 g/mol. The van der Waals surface area contributed by atoms with Crippen molar-refractivity contribution in [2.24, 2.45) is 11.1 Å². The summed E-state index contributed by atoms with van der Waals surface area (Å²) in [4.78, 5) is 9.17. The van der Waals surface area contributed by atoms with E-state index in [0.717, 1.165) is 18.8 Å². The molecule has 3 aromatic rings. The molecule has 0 spiro atoms. The maximum absolute atomic E-state index is 6.59. The van der Waals surface area contributed by atoms with E-state index in [0.29, 0.717) is 0 Å². The summed E-state index contributed by atoms with van der Waals surface area (Å²) < 4.78 is 0. The van der Waals surface area contributed by atoms with Gasteiger partial charge in [-0.3, -0.25) is 4.90 Å². The molecule has 2 heterocycles. The lowest BCUT2D eigenvalue weighted by Gasteiger charge is -2.42. The molecule has 3 nitrogen and oxygen atoms in total. The Morgan fingerprint density at radius 1 is 0.839 bits per heavy atom. The van der Waals surface area contributed by atoms with Crippen molar-refractivity contribution in [2.75, 3.05) is 13.1 Å². The minimum atomic E-state index is -0.516. The Bertz CT molecular complexity index is 1120. The van der Waals surface area contributed by atoms with Crippen molar-refractivity contribution < 1.29 is 4.84 Å². The molecule has 3 aromatic carbocycles. The van der Waals surface area contributed by atoms with Gasteiger partial charge in [0.15, 0.2) is 0 Å². The number of oxime groups is 1. The van der Waals surface area contributed by atoms with Crippen LogP contribution in [-0.2, 0) is 10.6 Å². The molecule has 3 atom stereocenters. The van der Waals surface area contributed by atoms with Crippen LogP contribution in [0, 0.1) is 12.8 Å². The van der Waals surface area contributed by atoms with Crippen molar-refractivity contribution in [3.63, 3.8) is 0 Å². The van der Waals surface area contributed by atoms with Gasteiger partial charge >= 0.3 is 0 Å². The summed E-state index contributed by atoms with van der Waals surface area (Å²) in [5.41, 5.74) is 7.01. The van der Waals surface area contributed by atoms with Gasteiger partial charge in [-0.1, -0.05) is 96.0 Å². The van der Waals surface area contributed by atoms with Crippen LogP contribution >= 0.6 is 0 Å². The number of fused-ring (bicyclic) bond motifs is 3. The number of piperidine rings is 1. The third kappa shape index (κ3) is 2.80. The highest BCUT2D eigenvalue weighted by atomic mass is 16.7. The fourth-order valence-corrected chi connectivity index (χ4v) is 5.93. The van der Waals surface area contributed by atoms with Gasteiger partial charge in [0.2, 0.25) is 5.72 Å². The molecule has 0 radical (unpaired) electrons. The predicted octanol–water partition coefficient (Wildman–Crippen LogP) is 5.83. The van der Waals surface area contributed by atoms with Crippen LogP contribution in [0.1, 0.15) is 53.0 Å². The normalized spacial score (nSPS) is 27.3. The molecule has 0 bridgehead atoms. The fraction of sp³-hybridized carbons (Fsp3) is 0.321. The van der Waals surface area contributed by atoms with Crippen LogP contribution in [0.25, 0.3) is 0 Å². The Labute approximate surface area is 184 Å². The predicted molar refractivity (Wildman–Crippen MR) is 124 cm³/mol. The molecule has 2 aliphatic heterocycles. The molecule has 0 aromatic heterocycles. The molecule has 0 amide bonds. The highest BCUT2D eigenvalue weighted by molar-refractivity contribution is 6.05. The zero-order chi connectivity index (χ0) is 20.8. The van der Waals surface area contributed by atoms with Crippen LogP contribution in [0.3, 0.4) is 0 Å². The molecule has 3 aliphatic rings. The van der Waals surface area contributed by atoms with E-state index in [-0.39, 0.29) is 11.8 Å². The van der Waals surface area contributed by atoms with Crippen LogP contribution in [0.15, 0.2) is 84.0 Å². The number of benzene rings is 3. The third-order valence-corrected chi connectivity index (χ3v) is 7.35. The van der Waals surface area contributed by atoms with Crippen LogP contribution < -0.4 is 0 Å². The van der Waals surface area contributed by atoms with E-state index in [9.17, 15) is 0 Å². The van der Waals surface area contributed by atoms with Crippen LogP contribution in [0.4, 0.5) is 0 Å². The minimum Gasteiger partial charge on any atom is -0.367 e. The van der Waals surface area contributed by atoms with Gasteiger partial charge in [0.05, 0.1) is 11.6 Å². The first kappa shape index (κ1) is 18.8. The lowest BCUT2D eigenvalue weighted by atomic mass is 9.78. The SMILES string of the molecule is Cc1ccc(C2=NO[C@@]3(N4CCCCC4)c4ccccc4[C@H](c4ccccc4)[C@@H]23)cc1. The first-order valence-electron chi connectivity index (χ1n) is 11.5. The van der Waals surface area contributed by atoms with Crippen molar-refractivity contribution in [1.82, 2.24) is 4.90 Å². The lowest BCUT2D eigenvalue weighted by molar-refractivity contribution is -0.169. The van der Waals surface area contributed by atoms with Crippen molar-refractivity contribution in [3.8, 4) is 0 Å². The smallest absolute Gasteiger partial charge is 0.226 e. The van der Waals surface area contributed by atoms with E-state index in [1.165, 1.54) is 47.1 Å². The maximum Gasteiger partial charge on any atom is 0.226 e. The number of nitrogens with zero attached hydrogens (tertiary/aromatic N) is 2. The molecule has 31 heavy (non-hydrogen) atoms. The summed E-state index contributed by atoms with van der Waals surface area (Å²) in [5, 5.41) is 4.82. The molecule has 1 fully saturated rings. The maximum atomic E-state index is 6.59. The van der Waals surface area contributed by atoms with Gasteiger partial charge in [0, 0.05) is 24.6 Å². The number of hydrogen-bond acceptors (Lipinski definition) is 3. The Morgan fingerprint density at radius 2 is 1.55 bits per heavy atom. The Kier molecular flexibility index (Phi) is 4.46. The molecular formula is C28H28N2O. The van der Waals surface area contributed by atoms with Gasteiger partial charge in [-0.2, -0.15) is 0 Å². The Balaban J connectivity index is 1.57. The van der Waals surface area contributed by atoms with Gasteiger partial charge in [0.1, 0.15) is 0 Å². The van der Waals surface area contributed by atoms with Crippen LogP contribution in [0.2, 0.25) is 0 Å². The molecule has 3 heteroatoms. The number of rotatable bonds is 3. The summed E-state index contributed by atoms with van der Waals surface area (Å²) in [6, 6.07) is 28.6. The van der Waals surface area contributed by atoms with Crippen molar-refractivity contribution in [3.05, 3.63) is 107 Å². The van der Waals surface area contributed by atoms with E-state index in [1.54, 1.807) is 0 Å². The largest absolute Gasteiger partial charge is 0.367 e. The van der Waals surface area contributed by atoms with E-state index in [2.05, 4.69) is 90.7 Å². The van der Waals surface area contributed by atoms with Gasteiger partial charge < -0.3 is 4.84 Å². The van der Waals surface area contributed by atoms with E-state index >= 15 is 0 Å². The standard InChI is InChI=1S/C28H28N2O/c1-20-14-16-22(17-15-20)27-26-25(21-10-4-2-5-11-21)23-12-6-7-13-24(23)28(26,31-29-27)30-18-8-3-9-19-30/h2,4-7,10-17,25-26H,3,8-9,18-19H2,1H3/t25-,26-,28-/m0/s1. The monoisotopic (exact) mass is 408 g/mol. The minimum absolute atomic E-state index is 0.133. The molecule has 0 saturated carbocycles. The van der Waals surface area contributed by atoms with Gasteiger partial charge in [-0.25, -0.2) is 0 Å². The average molecular weight is 409 g/mol. The average Bonchev–Trinajstić information content (AvgIpc) is 3.35. The van der Waals surface area contributed by atoms with E-state index in [1.807, 2.05) is 0 Å². The Hall–Kier alpha value is -2.91. The topological polar surface area (TPSA) is 24.8 Å². The highest BCUT2D eigenvalue weighted by Crippen LogP contribution is 2.59.